The molecule has 1 heterocycles. The molecule has 4 aromatic rings. The molecule has 0 fully saturated rings. The minimum absolute atomic E-state index is 0.114. The van der Waals surface area contributed by atoms with Crippen LogP contribution in [-0.2, 0) is 12.0 Å². The molecule has 0 aliphatic carbocycles. The largest absolute Gasteiger partial charge is 0.486 e. The molecule has 0 aliphatic heterocycles. The Morgan fingerprint density at radius 3 is 2.32 bits per heavy atom. The number of nitrogens with one attached hydrogen (secondary N) is 2. The molecule has 0 saturated heterocycles. The highest BCUT2D eigenvalue weighted by atomic mass is 35.5. The molecule has 6 nitrogen and oxygen atoms in total. The van der Waals surface area contributed by atoms with Crippen LogP contribution >= 0.6 is 34.5 Å². The van der Waals surface area contributed by atoms with E-state index < -0.39 is 6.03 Å². The number of carbonyl (C=O) groups excluding carboxylic acids is 1. The number of anilines is 2. The molecule has 0 bridgehead atoms. The normalized spacial score (nSPS) is 11.2. The molecule has 0 atom stereocenters. The van der Waals surface area contributed by atoms with Crippen molar-refractivity contribution in [1.82, 2.24) is 10.2 Å². The number of amides is 2. The summed E-state index contributed by atoms with van der Waals surface area (Å²) in [4.78, 5) is 12.2. The van der Waals surface area contributed by atoms with E-state index in [2.05, 4.69) is 71.1 Å². The molecule has 9 heteroatoms. The van der Waals surface area contributed by atoms with Crippen LogP contribution in [0.15, 0.2) is 72.8 Å². The second-order valence-electron chi connectivity index (χ2n) is 8.01. The standard InChI is InChI=1S/C25H22Cl2N4O2S/c1-25(2,16-6-4-3-5-7-16)17-8-11-19(12-9-17)33-15-22-30-31-24(34-22)29-23(32)28-18-10-13-20(26)21(27)14-18/h3-14H,15H2,1-2H3,(H2,28,29,31,32). The highest BCUT2D eigenvalue weighted by Crippen LogP contribution is 2.32. The molecule has 0 unspecified atom stereocenters. The van der Waals surface area contributed by atoms with Crippen LogP contribution in [0.2, 0.25) is 10.0 Å². The van der Waals surface area contributed by atoms with Crippen molar-refractivity contribution in [3.8, 4) is 5.75 Å². The summed E-state index contributed by atoms with van der Waals surface area (Å²) < 4.78 is 5.86. The van der Waals surface area contributed by atoms with Crippen molar-refractivity contribution in [2.24, 2.45) is 0 Å². The summed E-state index contributed by atoms with van der Waals surface area (Å²) in [5.41, 5.74) is 2.85. The van der Waals surface area contributed by atoms with Gasteiger partial charge in [0.2, 0.25) is 5.13 Å². The van der Waals surface area contributed by atoms with Gasteiger partial charge in [-0.2, -0.15) is 0 Å². The summed E-state index contributed by atoms with van der Waals surface area (Å²) in [5, 5.41) is 15.1. The number of ether oxygens (including phenoxy) is 1. The Bertz CT molecular complexity index is 1280. The molecule has 3 aromatic carbocycles. The topological polar surface area (TPSA) is 76.1 Å². The summed E-state index contributed by atoms with van der Waals surface area (Å²) in [6, 6.07) is 22.8. The van der Waals surface area contributed by atoms with Crippen LogP contribution < -0.4 is 15.4 Å². The fourth-order valence-electron chi connectivity index (χ4n) is 3.33. The molecular formula is C25H22Cl2N4O2S. The third-order valence-electron chi connectivity index (χ3n) is 5.30. The Morgan fingerprint density at radius 1 is 0.912 bits per heavy atom. The van der Waals surface area contributed by atoms with E-state index in [1.807, 2.05) is 18.2 Å². The van der Waals surface area contributed by atoms with Gasteiger partial charge in [0, 0.05) is 11.1 Å². The molecule has 0 saturated carbocycles. The molecule has 0 radical (unpaired) electrons. The number of hydrogen-bond acceptors (Lipinski definition) is 5. The van der Waals surface area contributed by atoms with E-state index in [0.717, 1.165) is 5.75 Å². The summed E-state index contributed by atoms with van der Waals surface area (Å²) in [7, 11) is 0. The maximum atomic E-state index is 12.2. The maximum absolute atomic E-state index is 12.2. The summed E-state index contributed by atoms with van der Waals surface area (Å²) in [6.45, 7) is 4.65. The van der Waals surface area contributed by atoms with Crippen LogP contribution in [0.3, 0.4) is 0 Å². The molecule has 174 valence electrons. The van der Waals surface area contributed by atoms with E-state index in [9.17, 15) is 4.79 Å². The zero-order chi connectivity index (χ0) is 24.1. The Labute approximate surface area is 211 Å². The van der Waals surface area contributed by atoms with Crippen molar-refractivity contribution in [3.05, 3.63) is 99.0 Å². The van der Waals surface area contributed by atoms with Crippen molar-refractivity contribution >= 4 is 51.4 Å². The first-order valence-electron chi connectivity index (χ1n) is 10.5. The Morgan fingerprint density at radius 2 is 1.62 bits per heavy atom. The van der Waals surface area contributed by atoms with Gasteiger partial charge in [0.1, 0.15) is 12.4 Å². The Kier molecular flexibility index (Phi) is 7.36. The van der Waals surface area contributed by atoms with Crippen LogP contribution in [-0.4, -0.2) is 16.2 Å². The van der Waals surface area contributed by atoms with Gasteiger partial charge in [-0.1, -0.05) is 90.9 Å². The highest BCUT2D eigenvalue weighted by Gasteiger charge is 2.22. The molecular weight excluding hydrogens is 491 g/mol. The van der Waals surface area contributed by atoms with Crippen LogP contribution in [0.4, 0.5) is 15.6 Å². The van der Waals surface area contributed by atoms with Gasteiger partial charge in [-0.05, 0) is 41.5 Å². The predicted molar refractivity (Wildman–Crippen MR) is 138 cm³/mol. The average molecular weight is 513 g/mol. The van der Waals surface area contributed by atoms with Gasteiger partial charge in [0.05, 0.1) is 10.0 Å². The third kappa shape index (κ3) is 5.86. The van der Waals surface area contributed by atoms with E-state index in [4.69, 9.17) is 27.9 Å². The molecule has 4 rings (SSSR count). The number of urea groups is 1. The first-order valence-corrected chi connectivity index (χ1v) is 12.0. The summed E-state index contributed by atoms with van der Waals surface area (Å²) >= 11 is 13.1. The van der Waals surface area contributed by atoms with Crippen molar-refractivity contribution in [3.63, 3.8) is 0 Å². The van der Waals surface area contributed by atoms with Crippen LogP contribution in [0, 0.1) is 0 Å². The molecule has 0 aliphatic rings. The smallest absolute Gasteiger partial charge is 0.325 e. The minimum atomic E-state index is -0.460. The van der Waals surface area contributed by atoms with Crippen molar-refractivity contribution in [2.45, 2.75) is 25.9 Å². The number of aromatic nitrogens is 2. The van der Waals surface area contributed by atoms with Crippen LogP contribution in [0.25, 0.3) is 0 Å². The lowest BCUT2D eigenvalue weighted by Gasteiger charge is -2.26. The van der Waals surface area contributed by atoms with Gasteiger partial charge in [-0.25, -0.2) is 4.79 Å². The number of rotatable bonds is 7. The first-order chi connectivity index (χ1) is 16.3. The quantitative estimate of drug-likeness (QED) is 0.270. The molecule has 34 heavy (non-hydrogen) atoms. The van der Waals surface area contributed by atoms with E-state index in [1.165, 1.54) is 22.5 Å². The zero-order valence-electron chi connectivity index (χ0n) is 18.5. The maximum Gasteiger partial charge on any atom is 0.325 e. The fourth-order valence-corrected chi connectivity index (χ4v) is 4.28. The number of nitrogens with zero attached hydrogens (tertiary/aromatic N) is 2. The number of benzene rings is 3. The summed E-state index contributed by atoms with van der Waals surface area (Å²) in [5.74, 6) is 0.731. The zero-order valence-corrected chi connectivity index (χ0v) is 20.8. The minimum Gasteiger partial charge on any atom is -0.486 e. The third-order valence-corrected chi connectivity index (χ3v) is 6.85. The van der Waals surface area contributed by atoms with Crippen LogP contribution in [0.5, 0.6) is 5.75 Å². The van der Waals surface area contributed by atoms with E-state index in [1.54, 1.807) is 18.2 Å². The van der Waals surface area contributed by atoms with Crippen molar-refractivity contribution in [2.75, 3.05) is 10.6 Å². The second kappa shape index (κ2) is 10.4. The highest BCUT2D eigenvalue weighted by molar-refractivity contribution is 7.15. The molecule has 2 N–H and O–H groups in total. The van der Waals surface area contributed by atoms with E-state index in [-0.39, 0.29) is 12.0 Å². The predicted octanol–water partition coefficient (Wildman–Crippen LogP) is 7.39. The second-order valence-corrected chi connectivity index (χ2v) is 9.89. The summed E-state index contributed by atoms with van der Waals surface area (Å²) in [6.07, 6.45) is 0. The SMILES string of the molecule is CC(C)(c1ccccc1)c1ccc(OCc2nnc(NC(=O)Nc3ccc(Cl)c(Cl)c3)s2)cc1. The van der Waals surface area contributed by atoms with Gasteiger partial charge in [0.15, 0.2) is 5.01 Å². The van der Waals surface area contributed by atoms with Gasteiger partial charge in [0.25, 0.3) is 0 Å². The van der Waals surface area contributed by atoms with Crippen molar-refractivity contribution in [1.29, 1.82) is 0 Å². The number of halogens is 2. The molecule has 2 amide bonds. The molecule has 0 spiro atoms. The number of carbonyl (C=O) groups is 1. The van der Waals surface area contributed by atoms with Gasteiger partial charge < -0.3 is 10.1 Å². The Hall–Kier alpha value is -3.13. The van der Waals surface area contributed by atoms with E-state index >= 15 is 0 Å². The van der Waals surface area contributed by atoms with Gasteiger partial charge in [-0.15, -0.1) is 10.2 Å². The lowest BCUT2D eigenvalue weighted by atomic mass is 9.78. The monoisotopic (exact) mass is 512 g/mol. The van der Waals surface area contributed by atoms with Crippen LogP contribution in [0.1, 0.15) is 30.0 Å². The average Bonchev–Trinajstić information content (AvgIpc) is 3.28. The fraction of sp³-hybridized carbons (Fsp3) is 0.160. The lowest BCUT2D eigenvalue weighted by Crippen LogP contribution is -2.19. The van der Waals surface area contributed by atoms with Gasteiger partial charge in [-0.3, -0.25) is 5.32 Å². The van der Waals surface area contributed by atoms with E-state index in [0.29, 0.717) is 25.9 Å². The van der Waals surface area contributed by atoms with Gasteiger partial charge >= 0.3 is 6.03 Å². The molecule has 1 aromatic heterocycles. The number of hydrogen-bond donors (Lipinski definition) is 2. The lowest BCUT2D eigenvalue weighted by molar-refractivity contribution is 0.262. The van der Waals surface area contributed by atoms with Crippen molar-refractivity contribution < 1.29 is 9.53 Å². The Balaban J connectivity index is 1.31. The first kappa shape index (κ1) is 24.0.